The molecule has 0 aliphatic carbocycles. The molecule has 0 spiro atoms. The van der Waals surface area contributed by atoms with Crippen molar-refractivity contribution >= 4 is 29.6 Å². The summed E-state index contributed by atoms with van der Waals surface area (Å²) in [4.78, 5) is 70.3. The molecule has 2 heterocycles. The molecule has 38 heavy (non-hydrogen) atoms. The fourth-order valence-corrected chi connectivity index (χ4v) is 4.25. The number of aromatic hydroxyl groups is 1. The van der Waals surface area contributed by atoms with Crippen LogP contribution in [-0.4, -0.2) is 85.4 Å². The Hall–Kier alpha value is -4.46. The number of phenolic OH excluding ortho intramolecular Hbond substituents is 1. The summed E-state index contributed by atoms with van der Waals surface area (Å²) >= 11 is 0. The minimum atomic E-state index is -1.36. The van der Waals surface area contributed by atoms with Crippen molar-refractivity contribution in [1.82, 2.24) is 25.5 Å². The predicted octanol–water partition coefficient (Wildman–Crippen LogP) is -1.85. The second-order valence-electron chi connectivity index (χ2n) is 9.08. The van der Waals surface area contributed by atoms with E-state index in [1.54, 1.807) is 12.1 Å². The zero-order chi connectivity index (χ0) is 27.8. The summed E-state index contributed by atoms with van der Waals surface area (Å²) in [5, 5.41) is 23.9. The number of H-pyrrole nitrogens is 1. The fraction of sp³-hybridized carbons (Fsp3) is 0.417. The number of hydrogen-bond donors (Lipinski definition) is 7. The van der Waals surface area contributed by atoms with Gasteiger partial charge in [0.05, 0.1) is 18.8 Å². The van der Waals surface area contributed by atoms with Crippen LogP contribution in [0.4, 0.5) is 0 Å². The van der Waals surface area contributed by atoms with E-state index < -0.39 is 60.2 Å². The third-order valence-electron chi connectivity index (χ3n) is 6.18. The number of carbonyl (C=O) groups is 5. The van der Waals surface area contributed by atoms with E-state index in [1.807, 2.05) is 0 Å². The van der Waals surface area contributed by atoms with E-state index in [2.05, 4.69) is 20.6 Å². The maximum Gasteiger partial charge on any atom is 0.326 e. The highest BCUT2D eigenvalue weighted by molar-refractivity contribution is 5.96. The standard InChI is InChI=1S/C24H31N7O7/c25-16(8-13-3-5-15(32)6-4-13)21(34)29-17(10-20(26)33)23(36)31-7-1-2-19(31)22(35)30-18(24(37)38)9-14-11-27-12-28-14/h3-6,11-12,16-19,32H,1-2,7-10,25H2,(H2,26,33)(H,27,28)(H,29,34)(H,30,35)(H,37,38). The Morgan fingerprint density at radius 3 is 2.42 bits per heavy atom. The monoisotopic (exact) mass is 529 g/mol. The van der Waals surface area contributed by atoms with Crippen molar-refractivity contribution in [3.63, 3.8) is 0 Å². The summed E-state index contributed by atoms with van der Waals surface area (Å²) in [6.45, 7) is 0.167. The van der Waals surface area contributed by atoms with Crippen molar-refractivity contribution in [2.75, 3.05) is 6.54 Å². The highest BCUT2D eigenvalue weighted by Crippen LogP contribution is 2.20. The molecule has 2 aromatic rings. The number of rotatable bonds is 12. The van der Waals surface area contributed by atoms with Gasteiger partial charge < -0.3 is 42.2 Å². The normalized spacial score (nSPS) is 17.3. The average Bonchev–Trinajstić information content (AvgIpc) is 3.56. The van der Waals surface area contributed by atoms with E-state index in [0.29, 0.717) is 17.7 Å². The number of nitrogens with zero attached hydrogens (tertiary/aromatic N) is 2. The van der Waals surface area contributed by atoms with Crippen molar-refractivity contribution in [3.8, 4) is 5.75 Å². The number of aromatic nitrogens is 2. The maximum absolute atomic E-state index is 13.4. The number of carboxylic acids is 1. The molecule has 1 fully saturated rings. The molecule has 4 amide bonds. The highest BCUT2D eigenvalue weighted by atomic mass is 16.4. The van der Waals surface area contributed by atoms with Crippen LogP contribution in [0, 0.1) is 0 Å². The number of aliphatic carboxylic acids is 1. The zero-order valence-corrected chi connectivity index (χ0v) is 20.5. The first-order valence-electron chi connectivity index (χ1n) is 12.0. The van der Waals surface area contributed by atoms with Gasteiger partial charge in [-0.25, -0.2) is 9.78 Å². The molecule has 0 bridgehead atoms. The number of hydrogen-bond acceptors (Lipinski definition) is 8. The Labute approximate surface area is 217 Å². The molecular weight excluding hydrogens is 498 g/mol. The first-order chi connectivity index (χ1) is 18.0. The van der Waals surface area contributed by atoms with Gasteiger partial charge in [-0.05, 0) is 37.0 Å². The van der Waals surface area contributed by atoms with E-state index in [0.717, 1.165) is 0 Å². The number of phenols is 1. The molecule has 3 rings (SSSR count). The smallest absolute Gasteiger partial charge is 0.326 e. The molecule has 4 unspecified atom stereocenters. The van der Waals surface area contributed by atoms with Crippen LogP contribution in [0.1, 0.15) is 30.5 Å². The number of nitrogens with two attached hydrogens (primary N) is 2. The molecule has 1 saturated heterocycles. The molecule has 204 valence electrons. The number of benzene rings is 1. The SMILES string of the molecule is NC(=O)CC(NC(=O)C(N)Cc1ccc(O)cc1)C(=O)N1CCCC1C(=O)NC(Cc1cnc[nH]1)C(=O)O. The third-order valence-corrected chi connectivity index (χ3v) is 6.18. The third kappa shape index (κ3) is 7.52. The van der Waals surface area contributed by atoms with Crippen LogP contribution in [0.25, 0.3) is 0 Å². The first kappa shape index (κ1) is 28.1. The Kier molecular flexibility index (Phi) is 9.38. The van der Waals surface area contributed by atoms with Gasteiger partial charge in [-0.1, -0.05) is 12.1 Å². The Balaban J connectivity index is 1.67. The van der Waals surface area contributed by atoms with Gasteiger partial charge in [-0.3, -0.25) is 19.2 Å². The number of imidazole rings is 1. The number of nitrogens with one attached hydrogen (secondary N) is 3. The van der Waals surface area contributed by atoms with Gasteiger partial charge >= 0.3 is 5.97 Å². The molecule has 0 radical (unpaired) electrons. The van der Waals surface area contributed by atoms with E-state index in [1.165, 1.54) is 29.6 Å². The van der Waals surface area contributed by atoms with Crippen molar-refractivity contribution < 1.29 is 34.2 Å². The van der Waals surface area contributed by atoms with Gasteiger partial charge in [0.25, 0.3) is 0 Å². The number of carbonyl (C=O) groups excluding carboxylic acids is 4. The van der Waals surface area contributed by atoms with Gasteiger partial charge in [0, 0.05) is 24.9 Å². The Morgan fingerprint density at radius 1 is 1.11 bits per heavy atom. The molecule has 4 atom stereocenters. The van der Waals surface area contributed by atoms with Gasteiger partial charge in [-0.2, -0.15) is 0 Å². The summed E-state index contributed by atoms with van der Waals surface area (Å²) in [5.74, 6) is -4.13. The van der Waals surface area contributed by atoms with Crippen molar-refractivity contribution in [1.29, 1.82) is 0 Å². The lowest BCUT2D eigenvalue weighted by molar-refractivity contribution is -0.145. The molecule has 9 N–H and O–H groups in total. The van der Waals surface area contributed by atoms with E-state index in [4.69, 9.17) is 11.5 Å². The number of primary amides is 1. The summed E-state index contributed by atoms with van der Waals surface area (Å²) < 4.78 is 0. The Morgan fingerprint density at radius 2 is 1.82 bits per heavy atom. The first-order valence-corrected chi connectivity index (χ1v) is 12.0. The summed E-state index contributed by atoms with van der Waals surface area (Å²) in [7, 11) is 0. The van der Waals surface area contributed by atoms with Gasteiger partial charge in [0.2, 0.25) is 23.6 Å². The quantitative estimate of drug-likeness (QED) is 0.163. The van der Waals surface area contributed by atoms with E-state index in [-0.39, 0.29) is 31.6 Å². The van der Waals surface area contributed by atoms with Crippen LogP contribution in [0.2, 0.25) is 0 Å². The number of likely N-dealkylation sites (tertiary alicyclic amines) is 1. The summed E-state index contributed by atoms with van der Waals surface area (Å²) in [6.07, 6.45) is 3.10. The molecule has 1 aromatic carbocycles. The molecule has 1 aliphatic rings. The van der Waals surface area contributed by atoms with Crippen LogP contribution < -0.4 is 22.1 Å². The predicted molar refractivity (Wildman–Crippen MR) is 132 cm³/mol. The van der Waals surface area contributed by atoms with Crippen LogP contribution in [0.5, 0.6) is 5.75 Å². The molecule has 1 aromatic heterocycles. The van der Waals surface area contributed by atoms with E-state index >= 15 is 0 Å². The number of carboxylic acid groups (broad SMARTS) is 1. The topological polar surface area (TPSA) is 234 Å². The largest absolute Gasteiger partial charge is 0.508 e. The molecule has 14 heteroatoms. The number of amides is 4. The molecular formula is C24H31N7O7. The lowest BCUT2D eigenvalue weighted by Gasteiger charge is -2.29. The van der Waals surface area contributed by atoms with Gasteiger partial charge in [-0.15, -0.1) is 0 Å². The lowest BCUT2D eigenvalue weighted by atomic mass is 10.0. The molecule has 1 aliphatic heterocycles. The second-order valence-corrected chi connectivity index (χ2v) is 9.08. The van der Waals surface area contributed by atoms with Crippen molar-refractivity contribution in [3.05, 3.63) is 48.0 Å². The van der Waals surface area contributed by atoms with Crippen LogP contribution in [0.3, 0.4) is 0 Å². The average molecular weight is 530 g/mol. The van der Waals surface area contributed by atoms with E-state index in [9.17, 15) is 34.2 Å². The van der Waals surface area contributed by atoms with Gasteiger partial charge in [0.15, 0.2) is 0 Å². The Bertz CT molecular complexity index is 1150. The molecule has 14 nitrogen and oxygen atoms in total. The maximum atomic E-state index is 13.4. The highest BCUT2D eigenvalue weighted by Gasteiger charge is 2.39. The van der Waals surface area contributed by atoms with Crippen LogP contribution in [0.15, 0.2) is 36.8 Å². The zero-order valence-electron chi connectivity index (χ0n) is 20.5. The summed E-state index contributed by atoms with van der Waals surface area (Å²) in [6, 6.07) is 1.39. The van der Waals surface area contributed by atoms with Crippen molar-refractivity contribution in [2.24, 2.45) is 11.5 Å². The number of aromatic amines is 1. The van der Waals surface area contributed by atoms with Crippen LogP contribution >= 0.6 is 0 Å². The lowest BCUT2D eigenvalue weighted by Crippen LogP contribution is -2.57. The van der Waals surface area contributed by atoms with Gasteiger partial charge in [0.1, 0.15) is 23.9 Å². The second kappa shape index (κ2) is 12.7. The fourth-order valence-electron chi connectivity index (χ4n) is 4.25. The van der Waals surface area contributed by atoms with Crippen LogP contribution in [-0.2, 0) is 36.8 Å². The minimum absolute atomic E-state index is 0.0407. The summed E-state index contributed by atoms with van der Waals surface area (Å²) in [5.41, 5.74) is 12.5. The molecule has 0 saturated carbocycles. The minimum Gasteiger partial charge on any atom is -0.508 e. The van der Waals surface area contributed by atoms with Crippen molar-refractivity contribution in [2.45, 2.75) is 56.3 Å².